The molecule has 0 aliphatic rings. The topological polar surface area (TPSA) is 74.5 Å². The number of aromatic nitrogens is 1. The summed E-state index contributed by atoms with van der Waals surface area (Å²) >= 11 is 5.39. The summed E-state index contributed by atoms with van der Waals surface area (Å²) < 4.78 is 85.3. The second kappa shape index (κ2) is 9.89. The Morgan fingerprint density at radius 2 is 1.68 bits per heavy atom. The van der Waals surface area contributed by atoms with E-state index in [4.69, 9.17) is 16.3 Å². The third-order valence-electron chi connectivity index (χ3n) is 3.82. The van der Waals surface area contributed by atoms with E-state index in [-0.39, 0.29) is 22.7 Å². The van der Waals surface area contributed by atoms with Crippen LogP contribution in [0.1, 0.15) is 10.4 Å². The van der Waals surface area contributed by atoms with Gasteiger partial charge in [0.15, 0.2) is 6.20 Å². The fourth-order valence-corrected chi connectivity index (χ4v) is 3.41. The van der Waals surface area contributed by atoms with Crippen LogP contribution in [0.5, 0.6) is 17.2 Å². The quantitative estimate of drug-likeness (QED) is 0.172. The number of hydrogen-bond donors (Lipinski definition) is 1. The van der Waals surface area contributed by atoms with Gasteiger partial charge in [-0.05, 0) is 54.2 Å². The molecule has 2 aromatic carbocycles. The largest absolute Gasteiger partial charge is 0.619 e. The Morgan fingerprint density at radius 3 is 2.26 bits per heavy atom. The van der Waals surface area contributed by atoms with Crippen molar-refractivity contribution in [2.45, 2.75) is 16.8 Å². The van der Waals surface area contributed by atoms with Gasteiger partial charge < -0.3 is 20.0 Å². The number of nitrogens with one attached hydrogen (secondary N) is 1. The van der Waals surface area contributed by atoms with Gasteiger partial charge in [-0.25, -0.2) is 0 Å². The molecule has 0 saturated heterocycles. The van der Waals surface area contributed by atoms with Gasteiger partial charge >= 0.3 is 11.9 Å². The van der Waals surface area contributed by atoms with Crippen LogP contribution in [0.3, 0.4) is 0 Å². The van der Waals surface area contributed by atoms with Gasteiger partial charge in [0.2, 0.25) is 6.20 Å². The monoisotopic (exact) mass is 524 g/mol. The second-order valence-electron chi connectivity index (χ2n) is 6.35. The number of carbonyl (C=O) groups is 1. The average molecular weight is 525 g/mol. The Morgan fingerprint density at radius 1 is 1.03 bits per heavy atom. The molecule has 14 heteroatoms. The molecule has 0 saturated carbocycles. The van der Waals surface area contributed by atoms with E-state index >= 15 is 0 Å². The maximum absolute atomic E-state index is 12.9. The molecule has 0 fully saturated rings. The molecule has 0 radical (unpaired) electrons. The fourth-order valence-electron chi connectivity index (χ4n) is 2.56. The lowest BCUT2D eigenvalue weighted by Crippen LogP contribution is -2.25. The molecule has 6 nitrogen and oxygen atoms in total. The average Bonchev–Trinajstić information content (AvgIpc) is 2.69. The molecule has 0 aliphatic heterocycles. The van der Waals surface area contributed by atoms with Crippen molar-refractivity contribution in [3.8, 4) is 17.2 Å². The molecule has 0 spiro atoms. The lowest BCUT2D eigenvalue weighted by Gasteiger charge is -2.15. The molecular formula is C20H11ClF6N2O4S. The summed E-state index contributed by atoms with van der Waals surface area (Å²) in [7, 11) is 0. The van der Waals surface area contributed by atoms with Crippen molar-refractivity contribution in [3.63, 3.8) is 0 Å². The summed E-state index contributed by atoms with van der Waals surface area (Å²) in [6, 6.07) is 8.50. The number of hydrogen-bond acceptors (Lipinski definition) is 5. The number of pyridine rings is 1. The molecule has 0 atom stereocenters. The minimum atomic E-state index is -4.92. The van der Waals surface area contributed by atoms with Crippen LogP contribution in [-0.4, -0.2) is 17.8 Å². The van der Waals surface area contributed by atoms with Crippen molar-refractivity contribution in [2.24, 2.45) is 0 Å². The summed E-state index contributed by atoms with van der Waals surface area (Å²) in [6.07, 6.45) is -2.73. The molecular weight excluding hydrogens is 514 g/mol. The lowest BCUT2D eigenvalue weighted by atomic mass is 10.1. The number of anilines is 1. The van der Waals surface area contributed by atoms with E-state index < -0.39 is 45.2 Å². The van der Waals surface area contributed by atoms with Crippen molar-refractivity contribution in [3.05, 3.63) is 76.7 Å². The predicted molar refractivity (Wildman–Crippen MR) is 110 cm³/mol. The van der Waals surface area contributed by atoms with Crippen molar-refractivity contribution < 1.29 is 45.3 Å². The van der Waals surface area contributed by atoms with Gasteiger partial charge in [-0.15, -0.1) is 13.2 Å². The highest BCUT2D eigenvalue weighted by Crippen LogP contribution is 2.43. The van der Waals surface area contributed by atoms with E-state index in [0.29, 0.717) is 4.73 Å². The molecule has 0 bridgehead atoms. The number of rotatable bonds is 6. The van der Waals surface area contributed by atoms with Gasteiger partial charge in [-0.1, -0.05) is 11.6 Å². The number of carbonyl (C=O) groups excluding carboxylic acids is 1. The zero-order valence-electron chi connectivity index (χ0n) is 16.4. The third kappa shape index (κ3) is 7.35. The highest BCUT2D eigenvalue weighted by atomic mass is 35.5. The number of benzene rings is 2. The fraction of sp³-hybridized carbons (Fsp3) is 0.100. The van der Waals surface area contributed by atoms with Crippen LogP contribution in [0.4, 0.5) is 32.0 Å². The zero-order chi connectivity index (χ0) is 25.1. The Hall–Kier alpha value is -3.32. The van der Waals surface area contributed by atoms with E-state index in [1.807, 2.05) is 0 Å². The number of halogens is 7. The summed E-state index contributed by atoms with van der Waals surface area (Å²) in [5.74, 6) is -1.91. The second-order valence-corrected chi connectivity index (χ2v) is 7.87. The molecule has 1 amide bonds. The maximum atomic E-state index is 12.9. The summed E-state index contributed by atoms with van der Waals surface area (Å²) in [5.41, 5.74) is -4.92. The molecule has 1 aromatic heterocycles. The van der Waals surface area contributed by atoms with Crippen molar-refractivity contribution >= 4 is 35.0 Å². The number of ether oxygens (including phenoxy) is 2. The zero-order valence-corrected chi connectivity index (χ0v) is 18.0. The molecule has 3 aromatic rings. The van der Waals surface area contributed by atoms with E-state index in [1.54, 1.807) is 0 Å². The first kappa shape index (κ1) is 25.3. The lowest BCUT2D eigenvalue weighted by molar-refractivity contribution is -0.604. The van der Waals surface area contributed by atoms with Gasteiger partial charge in [-0.2, -0.15) is 17.9 Å². The summed E-state index contributed by atoms with van der Waals surface area (Å²) in [5, 5.41) is 13.4. The minimum absolute atomic E-state index is 0.0759. The van der Waals surface area contributed by atoms with Crippen LogP contribution in [0.15, 0.2) is 65.8 Å². The SMILES string of the molecule is O=C(Nc1ccc[n+]([O-])c1)c1cc(Cl)c(SC(F)(F)F)cc1Oc1ccc(OC(F)(F)F)cc1. The highest BCUT2D eigenvalue weighted by molar-refractivity contribution is 8.00. The summed E-state index contributed by atoms with van der Waals surface area (Å²) in [6.45, 7) is 0. The third-order valence-corrected chi connectivity index (χ3v) is 5.04. The highest BCUT2D eigenvalue weighted by Gasteiger charge is 2.32. The van der Waals surface area contributed by atoms with Gasteiger partial charge in [0.1, 0.15) is 22.9 Å². The van der Waals surface area contributed by atoms with Gasteiger partial charge in [0, 0.05) is 11.0 Å². The van der Waals surface area contributed by atoms with Crippen LogP contribution in [0.2, 0.25) is 5.02 Å². The number of alkyl halides is 6. The first-order chi connectivity index (χ1) is 15.8. The Kier molecular flexibility index (Phi) is 7.36. The van der Waals surface area contributed by atoms with E-state index in [1.165, 1.54) is 12.1 Å². The van der Waals surface area contributed by atoms with Crippen LogP contribution in [0, 0.1) is 5.21 Å². The number of nitrogens with zero attached hydrogens (tertiary/aromatic N) is 1. The van der Waals surface area contributed by atoms with Gasteiger partial charge in [0.25, 0.3) is 5.91 Å². The smallest absolute Gasteiger partial charge is 0.573 e. The molecule has 180 valence electrons. The van der Waals surface area contributed by atoms with E-state index in [9.17, 15) is 36.3 Å². The molecule has 0 aliphatic carbocycles. The van der Waals surface area contributed by atoms with E-state index in [2.05, 4.69) is 10.1 Å². The van der Waals surface area contributed by atoms with Crippen LogP contribution >= 0.6 is 23.4 Å². The minimum Gasteiger partial charge on any atom is -0.619 e. The molecule has 0 unspecified atom stereocenters. The number of thioether (sulfide) groups is 1. The Labute approximate surface area is 196 Å². The van der Waals surface area contributed by atoms with Crippen LogP contribution < -0.4 is 19.5 Å². The normalized spacial score (nSPS) is 11.7. The van der Waals surface area contributed by atoms with Gasteiger partial charge in [0.05, 0.1) is 10.6 Å². The van der Waals surface area contributed by atoms with E-state index in [0.717, 1.165) is 48.8 Å². The Bertz CT molecular complexity index is 1190. The van der Waals surface area contributed by atoms with Crippen molar-refractivity contribution in [1.82, 2.24) is 0 Å². The van der Waals surface area contributed by atoms with Crippen molar-refractivity contribution in [2.75, 3.05) is 5.32 Å². The molecule has 3 rings (SSSR count). The molecule has 1 heterocycles. The first-order valence-electron chi connectivity index (χ1n) is 8.92. The summed E-state index contributed by atoms with van der Waals surface area (Å²) in [4.78, 5) is 12.3. The predicted octanol–water partition coefficient (Wildman–Crippen LogP) is 6.53. The number of amides is 1. The van der Waals surface area contributed by atoms with Gasteiger partial charge in [-0.3, -0.25) is 4.79 Å². The van der Waals surface area contributed by atoms with Crippen molar-refractivity contribution in [1.29, 1.82) is 0 Å². The van der Waals surface area contributed by atoms with Crippen LogP contribution in [-0.2, 0) is 0 Å². The standard InChI is InChI=1S/C20H11ClF6N2O4S/c21-15-8-14(18(30)28-11-2-1-7-29(31)10-11)16(9-17(15)34-20(25,26)27)32-12-3-5-13(6-4-12)33-19(22,23)24/h1-10H,(H,28,30). The molecule has 34 heavy (non-hydrogen) atoms. The Balaban J connectivity index is 1.95. The molecule has 1 N–H and O–H groups in total. The van der Waals surface area contributed by atoms with Crippen LogP contribution in [0.25, 0.3) is 0 Å². The first-order valence-corrected chi connectivity index (χ1v) is 10.1. The maximum Gasteiger partial charge on any atom is 0.573 e.